The molecule has 0 aliphatic carbocycles. The van der Waals surface area contributed by atoms with E-state index in [1.807, 2.05) is 34.5 Å². The lowest BCUT2D eigenvalue weighted by molar-refractivity contribution is 0.155. The van der Waals surface area contributed by atoms with Crippen molar-refractivity contribution in [1.82, 2.24) is 15.1 Å². The highest BCUT2D eigenvalue weighted by Crippen LogP contribution is 2.22. The first-order valence-electron chi connectivity index (χ1n) is 7.10. The Morgan fingerprint density at radius 1 is 1.35 bits per heavy atom. The molecule has 2 aromatic heterocycles. The van der Waals surface area contributed by atoms with Crippen molar-refractivity contribution in [2.45, 2.75) is 51.4 Å². The lowest BCUT2D eigenvalue weighted by Crippen LogP contribution is -2.36. The Morgan fingerprint density at radius 3 is 2.85 bits per heavy atom. The van der Waals surface area contributed by atoms with Crippen LogP contribution >= 0.6 is 11.3 Å². The third-order valence-corrected chi connectivity index (χ3v) is 4.34. The first kappa shape index (κ1) is 15.2. The van der Waals surface area contributed by atoms with Crippen molar-refractivity contribution >= 4 is 11.3 Å². The van der Waals surface area contributed by atoms with Gasteiger partial charge in [0.05, 0.1) is 6.10 Å². The van der Waals surface area contributed by atoms with E-state index in [2.05, 4.69) is 24.3 Å². The van der Waals surface area contributed by atoms with Crippen LogP contribution in [0.15, 0.2) is 36.0 Å². The molecule has 110 valence electrons. The Morgan fingerprint density at radius 2 is 2.20 bits per heavy atom. The second-order valence-corrected chi connectivity index (χ2v) is 6.27. The van der Waals surface area contributed by atoms with Gasteiger partial charge in [0, 0.05) is 35.9 Å². The highest BCUT2D eigenvalue weighted by atomic mass is 32.1. The summed E-state index contributed by atoms with van der Waals surface area (Å²) in [6.45, 7) is 5.22. The Hall–Kier alpha value is -1.17. The summed E-state index contributed by atoms with van der Waals surface area (Å²) in [5.41, 5.74) is 0. The smallest absolute Gasteiger partial charge is 0.0896 e. The fourth-order valence-electron chi connectivity index (χ4n) is 2.33. The van der Waals surface area contributed by atoms with Gasteiger partial charge >= 0.3 is 0 Å². The first-order chi connectivity index (χ1) is 9.65. The minimum absolute atomic E-state index is 0.291. The lowest BCUT2D eigenvalue weighted by Gasteiger charge is -2.22. The van der Waals surface area contributed by atoms with Crippen molar-refractivity contribution in [2.24, 2.45) is 0 Å². The van der Waals surface area contributed by atoms with Crippen LogP contribution in [0.2, 0.25) is 0 Å². The zero-order chi connectivity index (χ0) is 14.4. The van der Waals surface area contributed by atoms with Gasteiger partial charge in [0.2, 0.25) is 0 Å². The maximum Gasteiger partial charge on any atom is 0.0896 e. The Bertz CT molecular complexity index is 469. The number of hydrogen-bond acceptors (Lipinski definition) is 4. The van der Waals surface area contributed by atoms with Crippen LogP contribution in [0.3, 0.4) is 0 Å². The highest BCUT2D eigenvalue weighted by Gasteiger charge is 2.14. The minimum atomic E-state index is -0.365. The topological polar surface area (TPSA) is 50.1 Å². The molecule has 2 rings (SSSR count). The van der Waals surface area contributed by atoms with Crippen LogP contribution in [-0.2, 0) is 6.54 Å². The summed E-state index contributed by atoms with van der Waals surface area (Å²) in [5, 5.41) is 19.9. The van der Waals surface area contributed by atoms with Gasteiger partial charge in [-0.3, -0.25) is 4.68 Å². The molecule has 0 aromatic carbocycles. The molecular weight excluding hydrogens is 270 g/mol. The number of aromatic nitrogens is 2. The van der Waals surface area contributed by atoms with E-state index in [0.29, 0.717) is 12.1 Å². The Balaban J connectivity index is 1.69. The van der Waals surface area contributed by atoms with E-state index < -0.39 is 0 Å². The summed E-state index contributed by atoms with van der Waals surface area (Å²) in [4.78, 5) is 1.04. The molecule has 20 heavy (non-hydrogen) atoms. The summed E-state index contributed by atoms with van der Waals surface area (Å²) in [6.07, 6.45) is 5.19. The molecule has 4 nitrogen and oxygen atoms in total. The van der Waals surface area contributed by atoms with E-state index in [-0.39, 0.29) is 6.10 Å². The molecule has 0 amide bonds. The van der Waals surface area contributed by atoms with Crippen LogP contribution in [0.5, 0.6) is 0 Å². The molecule has 0 radical (unpaired) electrons. The normalized spacial score (nSPS) is 15.9. The molecule has 3 atom stereocenters. The van der Waals surface area contributed by atoms with E-state index >= 15 is 0 Å². The van der Waals surface area contributed by atoms with Crippen molar-refractivity contribution in [2.75, 3.05) is 0 Å². The van der Waals surface area contributed by atoms with Crippen LogP contribution < -0.4 is 5.32 Å². The molecule has 0 saturated carbocycles. The molecule has 0 spiro atoms. The number of thiophene rings is 1. The van der Waals surface area contributed by atoms with E-state index in [4.69, 9.17) is 0 Å². The van der Waals surface area contributed by atoms with Crippen molar-refractivity contribution in [3.8, 4) is 0 Å². The molecule has 2 N–H and O–H groups in total. The van der Waals surface area contributed by atoms with Crippen molar-refractivity contribution in [3.05, 3.63) is 40.8 Å². The molecule has 5 heteroatoms. The van der Waals surface area contributed by atoms with Gasteiger partial charge in [-0.05, 0) is 44.2 Å². The van der Waals surface area contributed by atoms with E-state index in [1.54, 1.807) is 17.5 Å². The number of nitrogens with zero attached hydrogens (tertiary/aromatic N) is 2. The summed E-state index contributed by atoms with van der Waals surface area (Å²) < 4.78 is 1.95. The molecule has 2 heterocycles. The largest absolute Gasteiger partial charge is 0.388 e. The molecule has 3 unspecified atom stereocenters. The highest BCUT2D eigenvalue weighted by molar-refractivity contribution is 7.10. The molecule has 0 aliphatic rings. The standard InChI is InChI=1S/C15H23N3OS/c1-12(6-9-18-8-4-7-16-18)17-13(2)11-14(19)15-5-3-10-20-15/h3-5,7-8,10,12-14,17,19H,6,9,11H2,1-2H3. The molecule has 2 aromatic rings. The number of aliphatic hydroxyl groups is 1. The van der Waals surface area contributed by atoms with Gasteiger partial charge in [-0.1, -0.05) is 6.07 Å². The lowest BCUT2D eigenvalue weighted by atomic mass is 10.1. The van der Waals surface area contributed by atoms with Crippen LogP contribution in [-0.4, -0.2) is 27.0 Å². The van der Waals surface area contributed by atoms with Gasteiger partial charge in [0.15, 0.2) is 0 Å². The monoisotopic (exact) mass is 293 g/mol. The molecule has 0 aliphatic heterocycles. The number of nitrogens with one attached hydrogen (secondary N) is 1. The van der Waals surface area contributed by atoms with Crippen molar-refractivity contribution < 1.29 is 5.11 Å². The summed E-state index contributed by atoms with van der Waals surface area (Å²) in [6, 6.07) is 6.61. The zero-order valence-corrected chi connectivity index (χ0v) is 12.9. The van der Waals surface area contributed by atoms with Gasteiger partial charge in [-0.2, -0.15) is 5.10 Å². The third kappa shape index (κ3) is 4.74. The van der Waals surface area contributed by atoms with E-state index in [0.717, 1.165) is 24.3 Å². The molecule has 0 bridgehead atoms. The van der Waals surface area contributed by atoms with Crippen molar-refractivity contribution in [1.29, 1.82) is 0 Å². The predicted molar refractivity (Wildman–Crippen MR) is 82.8 cm³/mol. The summed E-state index contributed by atoms with van der Waals surface area (Å²) >= 11 is 1.61. The maximum atomic E-state index is 10.1. The van der Waals surface area contributed by atoms with Crippen molar-refractivity contribution in [3.63, 3.8) is 0 Å². The molecule has 0 fully saturated rings. The minimum Gasteiger partial charge on any atom is -0.388 e. The zero-order valence-electron chi connectivity index (χ0n) is 12.1. The van der Waals surface area contributed by atoms with E-state index in [9.17, 15) is 5.11 Å². The van der Waals surface area contributed by atoms with Crippen LogP contribution in [0.4, 0.5) is 0 Å². The van der Waals surface area contributed by atoms with E-state index in [1.165, 1.54) is 0 Å². The summed E-state index contributed by atoms with van der Waals surface area (Å²) in [7, 11) is 0. The van der Waals surface area contributed by atoms with Crippen LogP contribution in [0, 0.1) is 0 Å². The van der Waals surface area contributed by atoms with Crippen LogP contribution in [0.25, 0.3) is 0 Å². The van der Waals surface area contributed by atoms with Gasteiger partial charge in [-0.15, -0.1) is 11.3 Å². The second-order valence-electron chi connectivity index (χ2n) is 5.29. The summed E-state index contributed by atoms with van der Waals surface area (Å²) in [5.74, 6) is 0. The average molecular weight is 293 g/mol. The number of rotatable bonds is 8. The average Bonchev–Trinajstić information content (AvgIpc) is 3.09. The molecule has 0 saturated heterocycles. The molecular formula is C15H23N3OS. The fourth-order valence-corrected chi connectivity index (χ4v) is 3.05. The van der Waals surface area contributed by atoms with Gasteiger partial charge in [0.25, 0.3) is 0 Å². The quantitative estimate of drug-likeness (QED) is 0.787. The van der Waals surface area contributed by atoms with Gasteiger partial charge < -0.3 is 10.4 Å². The van der Waals surface area contributed by atoms with Gasteiger partial charge in [0.1, 0.15) is 0 Å². The number of aliphatic hydroxyl groups excluding tert-OH is 1. The number of aryl methyl sites for hydroxylation is 1. The second kappa shape index (κ2) is 7.57. The van der Waals surface area contributed by atoms with Gasteiger partial charge in [-0.25, -0.2) is 0 Å². The Labute approximate surface area is 124 Å². The van der Waals surface area contributed by atoms with Crippen LogP contribution in [0.1, 0.15) is 37.7 Å². The SMILES string of the molecule is CC(CCn1cccn1)NC(C)CC(O)c1cccs1. The fraction of sp³-hybridized carbons (Fsp3) is 0.533. The third-order valence-electron chi connectivity index (χ3n) is 3.37. The first-order valence-corrected chi connectivity index (χ1v) is 7.98. The Kier molecular flexibility index (Phi) is 5.76. The number of hydrogen-bond donors (Lipinski definition) is 2. The predicted octanol–water partition coefficient (Wildman–Crippen LogP) is 2.83. The maximum absolute atomic E-state index is 10.1.